The first-order valence-electron chi connectivity index (χ1n) is 7.08. The first-order valence-corrected chi connectivity index (χ1v) is 7.87. The molecule has 1 aromatic carbocycles. The number of rotatable bonds is 2. The third kappa shape index (κ3) is 3.18. The van der Waals surface area contributed by atoms with E-state index < -0.39 is 0 Å². The summed E-state index contributed by atoms with van der Waals surface area (Å²) >= 11 is 3.37. The van der Waals surface area contributed by atoms with E-state index in [2.05, 4.69) is 26.1 Å². The van der Waals surface area contributed by atoms with Crippen LogP contribution < -0.4 is 5.32 Å². The summed E-state index contributed by atoms with van der Waals surface area (Å²) in [4.78, 5) is 2.46. The fourth-order valence-corrected chi connectivity index (χ4v) is 4.04. The van der Waals surface area contributed by atoms with E-state index >= 15 is 0 Å². The quantitative estimate of drug-likeness (QED) is 0.897. The molecular weight excluding hydrogens is 307 g/mol. The van der Waals surface area contributed by atoms with Gasteiger partial charge in [0.05, 0.1) is 0 Å². The van der Waals surface area contributed by atoms with Gasteiger partial charge in [-0.25, -0.2) is 4.39 Å². The maximum Gasteiger partial charge on any atom is 0.124 e. The Morgan fingerprint density at radius 3 is 2.79 bits per heavy atom. The van der Waals surface area contributed by atoms with Crippen LogP contribution in [-0.2, 0) is 6.54 Å². The van der Waals surface area contributed by atoms with Gasteiger partial charge in [-0.15, -0.1) is 0 Å². The zero-order valence-electron chi connectivity index (χ0n) is 11.1. The van der Waals surface area contributed by atoms with Crippen LogP contribution in [0.3, 0.4) is 0 Å². The van der Waals surface area contributed by atoms with Crippen molar-refractivity contribution in [3.05, 3.63) is 34.1 Å². The molecule has 1 aliphatic carbocycles. The molecule has 3 rings (SSSR count). The first-order chi connectivity index (χ1) is 9.15. The number of nitrogens with zero attached hydrogens (tertiary/aromatic N) is 1. The van der Waals surface area contributed by atoms with Gasteiger partial charge in [0.2, 0.25) is 0 Å². The molecular formula is C15H20BrFN2. The Morgan fingerprint density at radius 2 is 2.05 bits per heavy atom. The minimum Gasteiger partial charge on any atom is -0.309 e. The molecule has 0 bridgehead atoms. The van der Waals surface area contributed by atoms with E-state index in [0.717, 1.165) is 36.2 Å². The fraction of sp³-hybridized carbons (Fsp3) is 0.600. The van der Waals surface area contributed by atoms with Crippen LogP contribution in [-0.4, -0.2) is 30.1 Å². The van der Waals surface area contributed by atoms with Crippen molar-refractivity contribution >= 4 is 15.9 Å². The van der Waals surface area contributed by atoms with Gasteiger partial charge in [-0.3, -0.25) is 4.90 Å². The van der Waals surface area contributed by atoms with Gasteiger partial charge in [0.25, 0.3) is 0 Å². The highest BCUT2D eigenvalue weighted by Crippen LogP contribution is 2.32. The van der Waals surface area contributed by atoms with Gasteiger partial charge in [0, 0.05) is 36.2 Å². The van der Waals surface area contributed by atoms with Crippen molar-refractivity contribution in [3.8, 4) is 0 Å². The number of halogens is 2. The zero-order valence-corrected chi connectivity index (χ0v) is 12.7. The van der Waals surface area contributed by atoms with E-state index in [1.165, 1.54) is 31.7 Å². The lowest BCUT2D eigenvalue weighted by Gasteiger charge is -2.41. The molecule has 0 atom stereocenters. The lowest BCUT2D eigenvalue weighted by atomic mass is 9.94. The smallest absolute Gasteiger partial charge is 0.124 e. The summed E-state index contributed by atoms with van der Waals surface area (Å²) in [5.41, 5.74) is 1.39. The van der Waals surface area contributed by atoms with Gasteiger partial charge in [0.15, 0.2) is 0 Å². The largest absolute Gasteiger partial charge is 0.309 e. The Balaban J connectivity index is 1.69. The average Bonchev–Trinajstić information content (AvgIpc) is 2.76. The minimum atomic E-state index is -0.157. The van der Waals surface area contributed by atoms with Crippen LogP contribution in [0.15, 0.2) is 22.7 Å². The van der Waals surface area contributed by atoms with E-state index in [1.807, 2.05) is 6.07 Å². The molecule has 0 radical (unpaired) electrons. The average molecular weight is 327 g/mol. The van der Waals surface area contributed by atoms with Gasteiger partial charge >= 0.3 is 0 Å². The van der Waals surface area contributed by atoms with Crippen molar-refractivity contribution in [1.29, 1.82) is 0 Å². The molecule has 2 nitrogen and oxygen atoms in total. The van der Waals surface area contributed by atoms with Crippen LogP contribution >= 0.6 is 15.9 Å². The second-order valence-corrected chi connectivity index (χ2v) is 6.82. The monoisotopic (exact) mass is 326 g/mol. The van der Waals surface area contributed by atoms with Crippen molar-refractivity contribution in [2.75, 3.05) is 19.6 Å². The van der Waals surface area contributed by atoms with Crippen LogP contribution in [0.4, 0.5) is 4.39 Å². The maximum atomic E-state index is 13.4. The second-order valence-electron chi connectivity index (χ2n) is 5.90. The van der Waals surface area contributed by atoms with Gasteiger partial charge in [-0.2, -0.15) is 0 Å². The summed E-state index contributed by atoms with van der Waals surface area (Å²) in [6.45, 7) is 4.05. The molecule has 1 aromatic rings. The predicted octanol–water partition coefficient (Wildman–Crippen LogP) is 3.31. The summed E-state index contributed by atoms with van der Waals surface area (Å²) in [6.07, 6.45) is 5.26. The Labute approximate surface area is 122 Å². The molecule has 0 amide bonds. The van der Waals surface area contributed by atoms with Crippen LogP contribution in [0.25, 0.3) is 0 Å². The maximum absolute atomic E-state index is 13.4. The standard InChI is InChI=1S/C15H20BrFN2/c16-13-7-12(8-14(17)9-13)10-19-6-5-18-15(11-19)3-1-2-4-15/h7-9,18H,1-6,10-11H2. The van der Waals surface area contributed by atoms with Crippen LogP contribution in [0.1, 0.15) is 31.2 Å². The third-order valence-electron chi connectivity index (χ3n) is 4.34. The molecule has 4 heteroatoms. The Morgan fingerprint density at radius 1 is 1.26 bits per heavy atom. The number of hydrogen-bond acceptors (Lipinski definition) is 2. The molecule has 0 aromatic heterocycles. The number of benzene rings is 1. The highest BCUT2D eigenvalue weighted by atomic mass is 79.9. The molecule has 1 saturated heterocycles. The minimum absolute atomic E-state index is 0.157. The topological polar surface area (TPSA) is 15.3 Å². The van der Waals surface area contributed by atoms with E-state index in [9.17, 15) is 4.39 Å². The summed E-state index contributed by atoms with van der Waals surface area (Å²) in [6, 6.07) is 5.18. The molecule has 104 valence electrons. The Hall–Kier alpha value is -0.450. The van der Waals surface area contributed by atoms with E-state index in [4.69, 9.17) is 0 Å². The van der Waals surface area contributed by atoms with Crippen molar-refractivity contribution in [1.82, 2.24) is 10.2 Å². The van der Waals surface area contributed by atoms with Crippen LogP contribution in [0.5, 0.6) is 0 Å². The first kappa shape index (κ1) is 13.5. The van der Waals surface area contributed by atoms with Gasteiger partial charge < -0.3 is 5.32 Å². The predicted molar refractivity (Wildman–Crippen MR) is 78.6 cm³/mol. The fourth-order valence-electron chi connectivity index (χ4n) is 3.52. The molecule has 2 fully saturated rings. The van der Waals surface area contributed by atoms with Crippen molar-refractivity contribution in [2.24, 2.45) is 0 Å². The van der Waals surface area contributed by atoms with Gasteiger partial charge in [-0.05, 0) is 36.6 Å². The van der Waals surface area contributed by atoms with Crippen LogP contribution in [0, 0.1) is 5.82 Å². The summed E-state index contributed by atoms with van der Waals surface area (Å²) in [5, 5.41) is 3.71. The molecule has 2 aliphatic rings. The van der Waals surface area contributed by atoms with E-state index in [1.54, 1.807) is 6.07 Å². The lowest BCUT2D eigenvalue weighted by molar-refractivity contribution is 0.128. The van der Waals surface area contributed by atoms with Crippen molar-refractivity contribution in [2.45, 2.75) is 37.8 Å². The summed E-state index contributed by atoms with van der Waals surface area (Å²) in [7, 11) is 0. The molecule has 1 heterocycles. The number of nitrogens with one attached hydrogen (secondary N) is 1. The summed E-state index contributed by atoms with van der Waals surface area (Å²) < 4.78 is 14.2. The summed E-state index contributed by atoms with van der Waals surface area (Å²) in [5.74, 6) is -0.157. The molecule has 19 heavy (non-hydrogen) atoms. The van der Waals surface area contributed by atoms with Crippen molar-refractivity contribution in [3.63, 3.8) is 0 Å². The SMILES string of the molecule is Fc1cc(Br)cc(CN2CCNC3(CCCC3)C2)c1. The third-order valence-corrected chi connectivity index (χ3v) is 4.80. The Bertz CT molecular complexity index is 437. The molecule has 1 aliphatic heterocycles. The molecule has 1 spiro atoms. The van der Waals surface area contributed by atoms with E-state index in [0.29, 0.717) is 5.54 Å². The molecule has 0 unspecified atom stereocenters. The number of piperazine rings is 1. The van der Waals surface area contributed by atoms with Gasteiger partial charge in [0.1, 0.15) is 5.82 Å². The highest BCUT2D eigenvalue weighted by molar-refractivity contribution is 9.10. The van der Waals surface area contributed by atoms with E-state index in [-0.39, 0.29) is 5.82 Å². The zero-order chi connectivity index (χ0) is 13.3. The normalized spacial score (nSPS) is 23.1. The highest BCUT2D eigenvalue weighted by Gasteiger charge is 2.37. The Kier molecular flexibility index (Phi) is 3.92. The van der Waals surface area contributed by atoms with Gasteiger partial charge in [-0.1, -0.05) is 28.8 Å². The van der Waals surface area contributed by atoms with Crippen molar-refractivity contribution < 1.29 is 4.39 Å². The lowest BCUT2D eigenvalue weighted by Crippen LogP contribution is -2.58. The molecule has 1 N–H and O–H groups in total. The number of hydrogen-bond donors (Lipinski definition) is 1. The second kappa shape index (κ2) is 5.51. The molecule has 1 saturated carbocycles. The van der Waals surface area contributed by atoms with Crippen LogP contribution in [0.2, 0.25) is 0 Å².